The Hall–Kier alpha value is -4.59. The average molecular weight is 584 g/mol. The van der Waals surface area contributed by atoms with Crippen molar-refractivity contribution in [3.63, 3.8) is 0 Å². The topological polar surface area (TPSA) is 175 Å². The molecule has 0 saturated carbocycles. The number of aromatic nitrogens is 2. The van der Waals surface area contributed by atoms with Gasteiger partial charge in [0.2, 0.25) is 0 Å². The number of hydrogen-bond donors (Lipinski definition) is 4. The van der Waals surface area contributed by atoms with Crippen LogP contribution in [0.5, 0.6) is 5.75 Å². The molecule has 0 unspecified atom stereocenters. The van der Waals surface area contributed by atoms with Crippen molar-refractivity contribution in [2.24, 2.45) is 5.92 Å². The number of aliphatic hydroxyl groups is 1. The van der Waals surface area contributed by atoms with Gasteiger partial charge in [0.05, 0.1) is 24.8 Å². The number of aliphatic hydroxyl groups excluding tert-OH is 1. The Kier molecular flexibility index (Phi) is 9.05. The zero-order chi connectivity index (χ0) is 30.7. The van der Waals surface area contributed by atoms with E-state index in [1.165, 1.54) is 11.0 Å². The summed E-state index contributed by atoms with van der Waals surface area (Å²) in [5.41, 5.74) is 2.63. The highest BCUT2D eigenvalue weighted by molar-refractivity contribution is 6.03. The molecule has 0 saturated heterocycles. The molecule has 0 spiro atoms. The molecule has 0 aliphatic carbocycles. The lowest BCUT2D eigenvalue weighted by atomic mass is 9.99. The van der Waals surface area contributed by atoms with Gasteiger partial charge in [-0.15, -0.1) is 0 Å². The molecule has 5 amide bonds. The second-order valence-electron chi connectivity index (χ2n) is 10.6. The summed E-state index contributed by atoms with van der Waals surface area (Å²) < 4.78 is 16.6. The Balaban J connectivity index is 1.57. The maximum atomic E-state index is 13.7. The summed E-state index contributed by atoms with van der Waals surface area (Å²) in [4.78, 5) is 42.5. The Morgan fingerprint density at radius 3 is 2.26 bits per heavy atom. The summed E-state index contributed by atoms with van der Waals surface area (Å²) in [5.74, 6) is 0.697. The van der Waals surface area contributed by atoms with E-state index in [2.05, 4.69) is 26.3 Å². The molecule has 42 heavy (non-hydrogen) atoms. The number of nitrogens with zero attached hydrogens (tertiary/aromatic N) is 4. The van der Waals surface area contributed by atoms with Gasteiger partial charge in [-0.3, -0.25) is 4.79 Å². The first-order valence-corrected chi connectivity index (χ1v) is 13.6. The lowest BCUT2D eigenvalue weighted by Gasteiger charge is -2.38. The van der Waals surface area contributed by atoms with Crippen LogP contribution >= 0.6 is 0 Å². The van der Waals surface area contributed by atoms with Gasteiger partial charge >= 0.3 is 12.1 Å². The highest BCUT2D eigenvalue weighted by Gasteiger charge is 2.34. The third-order valence-corrected chi connectivity index (χ3v) is 7.26. The van der Waals surface area contributed by atoms with Crippen molar-refractivity contribution in [1.82, 2.24) is 20.1 Å². The van der Waals surface area contributed by atoms with Crippen LogP contribution in [0, 0.1) is 33.6 Å². The molecule has 3 atom stereocenters. The van der Waals surface area contributed by atoms with Gasteiger partial charge in [0.15, 0.2) is 11.5 Å². The number of hydrogen-bond acceptors (Lipinski definition) is 9. The number of rotatable bonds is 7. The maximum Gasteiger partial charge on any atom is 0.323 e. The third kappa shape index (κ3) is 6.48. The van der Waals surface area contributed by atoms with Gasteiger partial charge in [0.25, 0.3) is 5.91 Å². The van der Waals surface area contributed by atoms with E-state index in [0.29, 0.717) is 45.7 Å². The van der Waals surface area contributed by atoms with Crippen LogP contribution in [0.1, 0.15) is 47.1 Å². The first kappa shape index (κ1) is 30.4. The molecule has 0 bridgehead atoms. The fourth-order valence-corrected chi connectivity index (χ4v) is 4.67. The van der Waals surface area contributed by atoms with E-state index in [-0.39, 0.29) is 43.1 Å². The van der Waals surface area contributed by atoms with Crippen LogP contribution in [0.2, 0.25) is 0 Å². The number of fused-ring (bicyclic) bond motifs is 1. The quantitative estimate of drug-likeness (QED) is 0.321. The van der Waals surface area contributed by atoms with Crippen LogP contribution in [-0.2, 0) is 0 Å². The van der Waals surface area contributed by atoms with E-state index in [1.54, 1.807) is 58.7 Å². The van der Waals surface area contributed by atoms with Crippen molar-refractivity contribution in [3.05, 3.63) is 46.7 Å². The van der Waals surface area contributed by atoms with Crippen LogP contribution in [0.25, 0.3) is 0 Å². The van der Waals surface area contributed by atoms with E-state index in [0.717, 1.165) is 0 Å². The normalized spacial score (nSPS) is 17.4. The molecule has 0 radical (unpaired) electrons. The van der Waals surface area contributed by atoms with Gasteiger partial charge < -0.3 is 44.6 Å². The summed E-state index contributed by atoms with van der Waals surface area (Å²) >= 11 is 0. The molecule has 14 heteroatoms. The molecule has 3 aromatic rings. The summed E-state index contributed by atoms with van der Waals surface area (Å²) in [6.07, 6.45) is -0.507. The molecular formula is C28H37N7O7. The molecule has 0 fully saturated rings. The van der Waals surface area contributed by atoms with Crippen LogP contribution in [-0.4, -0.2) is 82.1 Å². The predicted octanol–water partition coefficient (Wildman–Crippen LogP) is 3.92. The second-order valence-corrected chi connectivity index (χ2v) is 10.6. The number of ether oxygens (including phenoxy) is 1. The van der Waals surface area contributed by atoms with Crippen LogP contribution in [0.4, 0.5) is 26.7 Å². The third-order valence-electron chi connectivity index (χ3n) is 7.26. The fourth-order valence-electron chi connectivity index (χ4n) is 4.67. The number of urea groups is 2. The van der Waals surface area contributed by atoms with E-state index in [9.17, 15) is 19.5 Å². The summed E-state index contributed by atoms with van der Waals surface area (Å²) in [5, 5.41) is 25.9. The SMILES string of the molecule is Cc1noc(C)c1NC(=O)Nc1ccc2c(c1)C(=O)N([C@@H](C)CO)C[C@@H](C)[C@H](CN(C)C(=O)Nc1c(C)noc1C)O2. The molecule has 3 heterocycles. The molecule has 4 N–H and O–H groups in total. The van der Waals surface area contributed by atoms with Gasteiger partial charge in [-0.25, -0.2) is 9.59 Å². The average Bonchev–Trinajstić information content (AvgIpc) is 3.44. The fraction of sp³-hybridized carbons (Fsp3) is 0.464. The Morgan fingerprint density at radius 2 is 1.69 bits per heavy atom. The predicted molar refractivity (Wildman–Crippen MR) is 154 cm³/mol. The molecule has 1 aliphatic rings. The highest BCUT2D eigenvalue weighted by atomic mass is 16.5. The molecule has 1 aliphatic heterocycles. The summed E-state index contributed by atoms with van der Waals surface area (Å²) in [6.45, 7) is 10.8. The number of aryl methyl sites for hydroxylation is 4. The Labute approximate surface area is 243 Å². The minimum absolute atomic E-state index is 0.200. The number of benzene rings is 1. The Morgan fingerprint density at radius 1 is 1.07 bits per heavy atom. The minimum Gasteiger partial charge on any atom is -0.487 e. The number of nitrogens with one attached hydrogen (secondary N) is 3. The van der Waals surface area contributed by atoms with Gasteiger partial charge in [0.1, 0.15) is 34.6 Å². The summed E-state index contributed by atoms with van der Waals surface area (Å²) in [6, 6.07) is 3.37. The zero-order valence-corrected chi connectivity index (χ0v) is 24.8. The first-order valence-electron chi connectivity index (χ1n) is 13.6. The van der Waals surface area contributed by atoms with Crippen molar-refractivity contribution >= 4 is 35.0 Å². The van der Waals surface area contributed by atoms with Crippen LogP contribution in [0.15, 0.2) is 27.2 Å². The monoisotopic (exact) mass is 583 g/mol. The smallest absolute Gasteiger partial charge is 0.323 e. The van der Waals surface area contributed by atoms with Gasteiger partial charge in [-0.2, -0.15) is 0 Å². The lowest BCUT2D eigenvalue weighted by molar-refractivity contribution is 0.0371. The van der Waals surface area contributed by atoms with Crippen molar-refractivity contribution in [3.8, 4) is 5.75 Å². The maximum absolute atomic E-state index is 13.7. The molecule has 1 aromatic carbocycles. The van der Waals surface area contributed by atoms with Crippen molar-refractivity contribution in [1.29, 1.82) is 0 Å². The van der Waals surface area contributed by atoms with Crippen LogP contribution < -0.4 is 20.7 Å². The number of likely N-dealkylation sites (N-methyl/N-ethyl adjacent to an activating group) is 1. The lowest BCUT2D eigenvalue weighted by Crippen LogP contribution is -2.50. The Bertz CT molecular complexity index is 1430. The van der Waals surface area contributed by atoms with E-state index in [1.807, 2.05) is 6.92 Å². The molecule has 4 rings (SSSR count). The summed E-state index contributed by atoms with van der Waals surface area (Å²) in [7, 11) is 1.65. The number of anilines is 3. The van der Waals surface area contributed by atoms with E-state index < -0.39 is 18.2 Å². The number of amides is 5. The van der Waals surface area contributed by atoms with Crippen molar-refractivity contribution in [2.75, 3.05) is 42.7 Å². The number of carbonyl (C=O) groups is 3. The van der Waals surface area contributed by atoms with Gasteiger partial charge in [-0.05, 0) is 52.8 Å². The first-order chi connectivity index (χ1) is 19.9. The van der Waals surface area contributed by atoms with Crippen molar-refractivity contribution in [2.45, 2.75) is 53.7 Å². The standard InChI is InChI=1S/C28H37N7O7/c1-14-11-35(15(2)13-36)26(37)21-10-20(29-27(38)30-24-16(3)32-41-18(24)5)8-9-22(21)40-23(14)12-34(7)28(39)31-25-17(4)33-42-19(25)6/h8-10,14-15,23,36H,11-13H2,1-7H3,(H,31,39)(H2,29,30,38)/t14-,15+,23+/m1/s1. The van der Waals surface area contributed by atoms with Crippen LogP contribution in [0.3, 0.4) is 0 Å². The van der Waals surface area contributed by atoms with Gasteiger partial charge in [-0.1, -0.05) is 17.2 Å². The van der Waals surface area contributed by atoms with Gasteiger partial charge in [0, 0.05) is 25.2 Å². The minimum atomic E-state index is -0.540. The van der Waals surface area contributed by atoms with E-state index >= 15 is 0 Å². The molecule has 2 aromatic heterocycles. The molecule has 14 nitrogen and oxygen atoms in total. The van der Waals surface area contributed by atoms with E-state index in [4.69, 9.17) is 13.8 Å². The van der Waals surface area contributed by atoms with Crippen molar-refractivity contribution < 1.29 is 33.3 Å². The molecular weight excluding hydrogens is 546 g/mol. The largest absolute Gasteiger partial charge is 0.487 e. The zero-order valence-electron chi connectivity index (χ0n) is 24.8. The highest BCUT2D eigenvalue weighted by Crippen LogP contribution is 2.31. The number of carbonyl (C=O) groups excluding carboxylic acids is 3. The second kappa shape index (κ2) is 12.5. The molecule has 226 valence electrons.